The van der Waals surface area contributed by atoms with Crippen LogP contribution in [0.25, 0.3) is 11.1 Å². The van der Waals surface area contributed by atoms with Crippen molar-refractivity contribution in [2.45, 2.75) is 18.9 Å². The number of carboxylic acids is 1. The number of aromatic nitrogens is 1. The van der Waals surface area contributed by atoms with E-state index in [9.17, 15) is 14.7 Å². The van der Waals surface area contributed by atoms with E-state index in [1.165, 1.54) is 13.1 Å². The Hall–Kier alpha value is -3.47. The predicted molar refractivity (Wildman–Crippen MR) is 103 cm³/mol. The minimum Gasteiger partial charge on any atom is -0.479 e. The summed E-state index contributed by atoms with van der Waals surface area (Å²) in [6.45, 7) is 1.44. The molecular weight excluding hydrogens is 340 g/mol. The second kappa shape index (κ2) is 7.83. The van der Waals surface area contributed by atoms with E-state index in [0.29, 0.717) is 0 Å². The fraction of sp³-hybridized carbons (Fsp3) is 0.136. The van der Waals surface area contributed by atoms with Gasteiger partial charge in [0.2, 0.25) is 5.91 Å². The molecule has 0 aliphatic heterocycles. The van der Waals surface area contributed by atoms with Crippen molar-refractivity contribution in [2.75, 3.05) is 0 Å². The number of benzene rings is 2. The molecule has 0 aliphatic rings. The van der Waals surface area contributed by atoms with E-state index >= 15 is 0 Å². The number of amides is 1. The number of carbonyl (C=O) groups is 2. The van der Waals surface area contributed by atoms with E-state index in [4.69, 9.17) is 0 Å². The Balaban J connectivity index is 1.72. The first-order valence-corrected chi connectivity index (χ1v) is 8.59. The zero-order valence-corrected chi connectivity index (χ0v) is 14.9. The largest absolute Gasteiger partial charge is 0.479 e. The SMILES string of the molecule is CC(NC(=O)Cc1ccc(-c2ccccc2)cc1)(C(=O)O)c1ccccn1. The summed E-state index contributed by atoms with van der Waals surface area (Å²) >= 11 is 0. The van der Waals surface area contributed by atoms with Gasteiger partial charge in [0, 0.05) is 6.20 Å². The van der Waals surface area contributed by atoms with Crippen LogP contribution in [0.15, 0.2) is 79.0 Å². The maximum absolute atomic E-state index is 12.5. The van der Waals surface area contributed by atoms with Crippen molar-refractivity contribution in [1.29, 1.82) is 0 Å². The Morgan fingerprint density at radius 2 is 1.56 bits per heavy atom. The van der Waals surface area contributed by atoms with Gasteiger partial charge in [-0.1, -0.05) is 60.7 Å². The normalized spacial score (nSPS) is 12.8. The number of carboxylic acid groups (broad SMARTS) is 1. The average molecular weight is 360 g/mol. The average Bonchev–Trinajstić information content (AvgIpc) is 2.69. The first kappa shape index (κ1) is 18.3. The molecule has 1 heterocycles. The lowest BCUT2D eigenvalue weighted by Gasteiger charge is -2.25. The third-order valence-electron chi connectivity index (χ3n) is 4.42. The molecule has 2 aromatic carbocycles. The van der Waals surface area contributed by atoms with Crippen molar-refractivity contribution in [2.24, 2.45) is 0 Å². The fourth-order valence-electron chi connectivity index (χ4n) is 2.84. The lowest BCUT2D eigenvalue weighted by Crippen LogP contribution is -2.50. The molecule has 0 fully saturated rings. The molecule has 0 spiro atoms. The number of nitrogens with zero attached hydrogens (tertiary/aromatic N) is 1. The molecule has 3 rings (SSSR count). The highest BCUT2D eigenvalue weighted by Crippen LogP contribution is 2.21. The fourth-order valence-corrected chi connectivity index (χ4v) is 2.84. The molecule has 0 saturated carbocycles. The number of aliphatic carboxylic acids is 1. The van der Waals surface area contributed by atoms with Gasteiger partial charge in [-0.3, -0.25) is 9.78 Å². The van der Waals surface area contributed by atoms with E-state index < -0.39 is 11.5 Å². The minimum atomic E-state index is -1.58. The van der Waals surface area contributed by atoms with Crippen LogP contribution in [0, 0.1) is 0 Å². The van der Waals surface area contributed by atoms with Crippen molar-refractivity contribution in [3.05, 3.63) is 90.3 Å². The summed E-state index contributed by atoms with van der Waals surface area (Å²) in [7, 11) is 0. The van der Waals surface area contributed by atoms with Crippen LogP contribution in [0.5, 0.6) is 0 Å². The molecule has 0 bridgehead atoms. The Morgan fingerprint density at radius 3 is 2.15 bits per heavy atom. The second-order valence-electron chi connectivity index (χ2n) is 6.43. The van der Waals surface area contributed by atoms with E-state index in [1.54, 1.807) is 18.2 Å². The molecule has 1 amide bonds. The molecule has 0 saturated heterocycles. The summed E-state index contributed by atoms with van der Waals surface area (Å²) in [6.07, 6.45) is 1.59. The molecule has 0 radical (unpaired) electrons. The van der Waals surface area contributed by atoms with Gasteiger partial charge in [0.05, 0.1) is 12.1 Å². The smallest absolute Gasteiger partial charge is 0.335 e. The Morgan fingerprint density at radius 1 is 0.926 bits per heavy atom. The van der Waals surface area contributed by atoms with Gasteiger partial charge in [-0.05, 0) is 35.7 Å². The highest BCUT2D eigenvalue weighted by Gasteiger charge is 2.38. The van der Waals surface area contributed by atoms with E-state index in [1.807, 2.05) is 54.6 Å². The summed E-state index contributed by atoms with van der Waals surface area (Å²) in [5, 5.41) is 12.2. The molecule has 1 atom stereocenters. The third-order valence-corrected chi connectivity index (χ3v) is 4.42. The first-order valence-electron chi connectivity index (χ1n) is 8.59. The first-order chi connectivity index (χ1) is 13.0. The standard InChI is InChI=1S/C22H20N2O3/c1-22(21(26)27,19-9-5-6-14-23-19)24-20(25)15-16-10-12-18(13-11-16)17-7-3-2-4-8-17/h2-14H,15H2,1H3,(H,24,25)(H,26,27). The summed E-state index contributed by atoms with van der Waals surface area (Å²) in [6, 6.07) is 22.6. The van der Waals surface area contributed by atoms with Gasteiger partial charge >= 0.3 is 5.97 Å². The predicted octanol–water partition coefficient (Wildman–Crippen LogP) is 3.41. The lowest BCUT2D eigenvalue weighted by atomic mass is 9.96. The highest BCUT2D eigenvalue weighted by molar-refractivity contribution is 5.88. The van der Waals surface area contributed by atoms with Gasteiger partial charge in [-0.25, -0.2) is 4.79 Å². The summed E-state index contributed by atoms with van der Waals surface area (Å²) < 4.78 is 0. The van der Waals surface area contributed by atoms with Crippen LogP contribution in [-0.4, -0.2) is 22.0 Å². The van der Waals surface area contributed by atoms with Crippen LogP contribution in [0.1, 0.15) is 18.2 Å². The number of hydrogen-bond donors (Lipinski definition) is 2. The molecule has 5 heteroatoms. The maximum atomic E-state index is 12.5. The van der Waals surface area contributed by atoms with Crippen LogP contribution in [0.3, 0.4) is 0 Å². The molecular formula is C22H20N2O3. The van der Waals surface area contributed by atoms with E-state index in [2.05, 4.69) is 10.3 Å². The van der Waals surface area contributed by atoms with Crippen LogP contribution in [0.2, 0.25) is 0 Å². The number of pyridine rings is 1. The number of nitrogens with one attached hydrogen (secondary N) is 1. The minimum absolute atomic E-state index is 0.0881. The van der Waals surface area contributed by atoms with Crippen molar-refractivity contribution >= 4 is 11.9 Å². The van der Waals surface area contributed by atoms with Gasteiger partial charge in [0.25, 0.3) is 0 Å². The summed E-state index contributed by atoms with van der Waals surface area (Å²) in [4.78, 5) is 28.3. The molecule has 0 aliphatic carbocycles. The summed E-state index contributed by atoms with van der Waals surface area (Å²) in [5.74, 6) is -1.54. The van der Waals surface area contributed by atoms with Gasteiger partial charge in [-0.2, -0.15) is 0 Å². The van der Waals surface area contributed by atoms with E-state index in [-0.39, 0.29) is 18.0 Å². The quantitative estimate of drug-likeness (QED) is 0.706. The van der Waals surface area contributed by atoms with Crippen LogP contribution < -0.4 is 5.32 Å². The zero-order valence-electron chi connectivity index (χ0n) is 14.9. The molecule has 3 aromatic rings. The molecule has 1 unspecified atom stereocenters. The van der Waals surface area contributed by atoms with Gasteiger partial charge in [-0.15, -0.1) is 0 Å². The molecule has 1 aromatic heterocycles. The number of carbonyl (C=O) groups excluding carboxylic acids is 1. The van der Waals surface area contributed by atoms with Crippen LogP contribution in [-0.2, 0) is 21.5 Å². The molecule has 136 valence electrons. The van der Waals surface area contributed by atoms with Crippen molar-refractivity contribution in [1.82, 2.24) is 10.3 Å². The Bertz CT molecular complexity index is 925. The monoisotopic (exact) mass is 360 g/mol. The van der Waals surface area contributed by atoms with E-state index in [0.717, 1.165) is 16.7 Å². The highest BCUT2D eigenvalue weighted by atomic mass is 16.4. The van der Waals surface area contributed by atoms with Crippen LogP contribution in [0.4, 0.5) is 0 Å². The van der Waals surface area contributed by atoms with Gasteiger partial charge in [0.15, 0.2) is 5.54 Å². The summed E-state index contributed by atoms with van der Waals surface area (Å²) in [5.41, 5.74) is 1.67. The zero-order chi connectivity index (χ0) is 19.3. The topological polar surface area (TPSA) is 79.3 Å². The van der Waals surface area contributed by atoms with Crippen molar-refractivity contribution in [3.8, 4) is 11.1 Å². The Kier molecular flexibility index (Phi) is 5.31. The Labute approximate surface area is 157 Å². The van der Waals surface area contributed by atoms with Gasteiger partial charge in [0.1, 0.15) is 0 Å². The molecule has 2 N–H and O–H groups in total. The molecule has 5 nitrogen and oxygen atoms in total. The third kappa shape index (κ3) is 4.20. The molecule has 27 heavy (non-hydrogen) atoms. The van der Waals surface area contributed by atoms with Crippen molar-refractivity contribution < 1.29 is 14.7 Å². The lowest BCUT2D eigenvalue weighted by molar-refractivity contribution is -0.147. The number of hydrogen-bond acceptors (Lipinski definition) is 3. The second-order valence-corrected chi connectivity index (χ2v) is 6.43. The maximum Gasteiger partial charge on any atom is 0.335 e. The number of rotatable bonds is 6. The van der Waals surface area contributed by atoms with Gasteiger partial charge < -0.3 is 10.4 Å². The van der Waals surface area contributed by atoms with Crippen molar-refractivity contribution in [3.63, 3.8) is 0 Å². The van der Waals surface area contributed by atoms with Crippen LogP contribution >= 0.6 is 0 Å².